The van der Waals surface area contributed by atoms with Gasteiger partial charge in [0.1, 0.15) is 5.58 Å². The molecule has 1 saturated heterocycles. The second-order valence-corrected chi connectivity index (χ2v) is 14.3. The van der Waals surface area contributed by atoms with Gasteiger partial charge in [-0.05, 0) is 80.1 Å². The molecular weight excluding hydrogens is 635 g/mol. The van der Waals surface area contributed by atoms with Crippen LogP contribution < -0.4 is 9.21 Å². The van der Waals surface area contributed by atoms with Gasteiger partial charge >= 0.3 is 5.97 Å². The number of sulfonamides is 1. The smallest absolute Gasteiger partial charge is 0.374 e. The van der Waals surface area contributed by atoms with E-state index in [4.69, 9.17) is 9.15 Å². The van der Waals surface area contributed by atoms with Gasteiger partial charge in [0.25, 0.3) is 15.9 Å². The summed E-state index contributed by atoms with van der Waals surface area (Å²) in [6, 6.07) is 23.9. The Morgan fingerprint density at radius 3 is 2.36 bits per heavy atom. The average Bonchev–Trinajstić information content (AvgIpc) is 3.67. The fourth-order valence-corrected chi connectivity index (χ4v) is 8.29. The molecule has 6 rings (SSSR count). The molecule has 11 heteroatoms. The highest BCUT2D eigenvalue weighted by molar-refractivity contribution is 7.92. The number of carbonyl (C=O) groups excluding carboxylic acids is 2. The van der Waals surface area contributed by atoms with Gasteiger partial charge in [0.05, 0.1) is 27.8 Å². The van der Waals surface area contributed by atoms with Gasteiger partial charge in [0.2, 0.25) is 5.76 Å². The number of aryl methyl sites for hydroxylation is 2. The number of piperazine rings is 1. The van der Waals surface area contributed by atoms with Crippen LogP contribution in [-0.4, -0.2) is 64.5 Å². The molecule has 2 aromatic heterocycles. The number of carbonyl (C=O) groups is 2. The molecule has 0 N–H and O–H groups in total. The summed E-state index contributed by atoms with van der Waals surface area (Å²) in [5.41, 5.74) is 4.37. The molecule has 0 bridgehead atoms. The lowest BCUT2D eigenvalue weighted by atomic mass is 10.1. The topological polar surface area (TPSA) is 100 Å². The molecule has 1 fully saturated rings. The second-order valence-electron chi connectivity index (χ2n) is 11.5. The van der Waals surface area contributed by atoms with Gasteiger partial charge in [0.15, 0.2) is 0 Å². The molecule has 0 spiro atoms. The van der Waals surface area contributed by atoms with Crippen molar-refractivity contribution in [2.75, 3.05) is 48.5 Å². The Kier molecular flexibility index (Phi) is 9.38. The lowest BCUT2D eigenvalue weighted by Gasteiger charge is -2.38. The van der Waals surface area contributed by atoms with Crippen molar-refractivity contribution in [1.29, 1.82) is 0 Å². The number of nitrogens with zero attached hydrogens (tertiary/aromatic N) is 3. The van der Waals surface area contributed by atoms with E-state index in [2.05, 4.69) is 4.90 Å². The summed E-state index contributed by atoms with van der Waals surface area (Å²) in [6.07, 6.45) is 0.497. The van der Waals surface area contributed by atoms with Gasteiger partial charge in [-0.25, -0.2) is 13.2 Å². The van der Waals surface area contributed by atoms with Crippen LogP contribution in [0.2, 0.25) is 0 Å². The molecule has 0 aliphatic carbocycles. The van der Waals surface area contributed by atoms with Crippen molar-refractivity contribution in [3.63, 3.8) is 0 Å². The van der Waals surface area contributed by atoms with Gasteiger partial charge in [-0.3, -0.25) is 9.10 Å². The van der Waals surface area contributed by atoms with E-state index in [0.29, 0.717) is 54.8 Å². The zero-order chi connectivity index (χ0) is 33.1. The van der Waals surface area contributed by atoms with Crippen molar-refractivity contribution in [3.8, 4) is 0 Å². The number of ether oxygens (including phenoxy) is 1. The first-order valence-electron chi connectivity index (χ1n) is 15.6. The fourth-order valence-electron chi connectivity index (χ4n) is 5.92. The zero-order valence-corrected chi connectivity index (χ0v) is 28.3. The predicted molar refractivity (Wildman–Crippen MR) is 185 cm³/mol. The maximum Gasteiger partial charge on any atom is 0.374 e. The van der Waals surface area contributed by atoms with Crippen LogP contribution in [-0.2, 0) is 21.2 Å². The number of rotatable bonds is 10. The van der Waals surface area contributed by atoms with Gasteiger partial charge < -0.3 is 19.0 Å². The lowest BCUT2D eigenvalue weighted by Crippen LogP contribution is -2.49. The number of anilines is 2. The minimum absolute atomic E-state index is 0.0270. The molecule has 1 amide bonds. The van der Waals surface area contributed by atoms with Crippen LogP contribution in [0.25, 0.3) is 11.0 Å². The van der Waals surface area contributed by atoms with E-state index in [1.165, 1.54) is 21.7 Å². The standard InChI is InChI=1S/C36H37N3O6S2/c1-4-44-36(41)34-26(3)29-23-28(14-15-32(29)45-34)47(42,43)39(17-16-27-10-6-5-7-11-27)31-13-9-8-12-30(31)37-18-20-38(21-19-37)35(40)33-22-25(2)24-46-33/h5-15,22-24H,4,16-21H2,1-3H3. The number of fused-ring (bicyclic) bond motifs is 1. The summed E-state index contributed by atoms with van der Waals surface area (Å²) in [5, 5.41) is 2.52. The molecule has 1 aliphatic heterocycles. The number of amides is 1. The number of hydrogen-bond acceptors (Lipinski definition) is 8. The van der Waals surface area contributed by atoms with Gasteiger partial charge in [-0.2, -0.15) is 0 Å². The highest BCUT2D eigenvalue weighted by atomic mass is 32.2. The monoisotopic (exact) mass is 671 g/mol. The van der Waals surface area contributed by atoms with Crippen LogP contribution in [0, 0.1) is 13.8 Å². The maximum absolute atomic E-state index is 14.6. The molecule has 9 nitrogen and oxygen atoms in total. The Morgan fingerprint density at radius 2 is 1.66 bits per heavy atom. The highest BCUT2D eigenvalue weighted by Gasteiger charge is 2.31. The minimum Gasteiger partial charge on any atom is -0.460 e. The summed E-state index contributed by atoms with van der Waals surface area (Å²) in [5.74, 6) is -0.495. The van der Waals surface area contributed by atoms with E-state index < -0.39 is 16.0 Å². The third-order valence-electron chi connectivity index (χ3n) is 8.40. The molecule has 47 heavy (non-hydrogen) atoms. The van der Waals surface area contributed by atoms with Crippen molar-refractivity contribution in [1.82, 2.24) is 4.90 Å². The van der Waals surface area contributed by atoms with Crippen molar-refractivity contribution in [2.45, 2.75) is 32.1 Å². The van der Waals surface area contributed by atoms with Crippen LogP contribution in [0.5, 0.6) is 0 Å². The third-order valence-corrected chi connectivity index (χ3v) is 11.2. The predicted octanol–water partition coefficient (Wildman–Crippen LogP) is 6.69. The normalized spacial score (nSPS) is 13.6. The van der Waals surface area contributed by atoms with Crippen molar-refractivity contribution in [3.05, 3.63) is 112 Å². The number of thiophene rings is 1. The number of benzene rings is 3. The fraction of sp³-hybridized carbons (Fsp3) is 0.278. The Labute approximate surface area is 279 Å². The van der Waals surface area contributed by atoms with Crippen molar-refractivity contribution in [2.24, 2.45) is 0 Å². The Balaban J connectivity index is 1.33. The molecule has 0 saturated carbocycles. The Hall–Kier alpha value is -4.61. The molecule has 3 heterocycles. The Bertz CT molecular complexity index is 2010. The summed E-state index contributed by atoms with van der Waals surface area (Å²) in [6.45, 7) is 8.01. The largest absolute Gasteiger partial charge is 0.460 e. The summed E-state index contributed by atoms with van der Waals surface area (Å²) in [7, 11) is -4.09. The molecule has 0 atom stereocenters. The van der Waals surface area contributed by atoms with Crippen LogP contribution >= 0.6 is 11.3 Å². The van der Waals surface area contributed by atoms with Crippen molar-refractivity contribution < 1.29 is 27.2 Å². The molecule has 0 radical (unpaired) electrons. The first-order valence-corrected chi connectivity index (χ1v) is 17.9. The van der Waals surface area contributed by atoms with Crippen LogP contribution in [0.4, 0.5) is 11.4 Å². The van der Waals surface area contributed by atoms with Gasteiger partial charge in [0, 0.05) is 43.7 Å². The van der Waals surface area contributed by atoms with Gasteiger partial charge in [-0.1, -0.05) is 42.5 Å². The third kappa shape index (κ3) is 6.63. The molecule has 244 valence electrons. The van der Waals surface area contributed by atoms with E-state index in [9.17, 15) is 18.0 Å². The lowest BCUT2D eigenvalue weighted by molar-refractivity contribution is 0.0491. The summed E-state index contributed by atoms with van der Waals surface area (Å²) >= 11 is 1.46. The first kappa shape index (κ1) is 32.3. The molecular formula is C36H37N3O6S2. The number of furan rings is 1. The SMILES string of the molecule is CCOC(=O)c1oc2ccc(S(=O)(=O)N(CCc3ccccc3)c3ccccc3N3CCN(C(=O)c4cc(C)cs4)CC3)cc2c1C. The van der Waals surface area contributed by atoms with E-state index in [1.54, 1.807) is 26.0 Å². The highest BCUT2D eigenvalue weighted by Crippen LogP contribution is 2.36. The average molecular weight is 672 g/mol. The van der Waals surface area contributed by atoms with E-state index in [-0.39, 0.29) is 29.7 Å². The van der Waals surface area contributed by atoms with E-state index in [1.807, 2.05) is 77.9 Å². The first-order chi connectivity index (χ1) is 22.7. The van der Waals surface area contributed by atoms with E-state index in [0.717, 1.165) is 21.7 Å². The summed E-state index contributed by atoms with van der Waals surface area (Å²) in [4.78, 5) is 30.4. The molecule has 1 aliphatic rings. The second kappa shape index (κ2) is 13.6. The Morgan fingerprint density at radius 1 is 0.936 bits per heavy atom. The molecule has 3 aromatic carbocycles. The van der Waals surface area contributed by atoms with Gasteiger partial charge in [-0.15, -0.1) is 11.3 Å². The maximum atomic E-state index is 14.6. The molecule has 0 unspecified atom stereocenters. The number of para-hydroxylation sites is 2. The minimum atomic E-state index is -4.09. The van der Waals surface area contributed by atoms with Crippen LogP contribution in [0.15, 0.2) is 93.6 Å². The summed E-state index contributed by atoms with van der Waals surface area (Å²) < 4.78 is 41.6. The van der Waals surface area contributed by atoms with Crippen LogP contribution in [0.3, 0.4) is 0 Å². The van der Waals surface area contributed by atoms with Crippen molar-refractivity contribution >= 4 is 55.6 Å². The van der Waals surface area contributed by atoms with E-state index >= 15 is 0 Å². The molecule has 5 aromatic rings. The number of hydrogen-bond donors (Lipinski definition) is 0. The quantitative estimate of drug-likeness (QED) is 0.153. The number of esters is 1. The zero-order valence-electron chi connectivity index (χ0n) is 26.6. The van der Waals surface area contributed by atoms with Crippen LogP contribution in [0.1, 0.15) is 43.8 Å².